The summed E-state index contributed by atoms with van der Waals surface area (Å²) in [5, 5.41) is 4.58. The normalized spacial score (nSPS) is 14.9. The van der Waals surface area contributed by atoms with E-state index in [4.69, 9.17) is 9.98 Å². The Morgan fingerprint density at radius 1 is 0.442 bits per heavy atom. The van der Waals surface area contributed by atoms with Gasteiger partial charge in [0.2, 0.25) is 18.0 Å². The van der Waals surface area contributed by atoms with Crippen LogP contribution in [0.1, 0.15) is 17.3 Å². The Hall–Kier alpha value is -5.58. The van der Waals surface area contributed by atoms with Gasteiger partial charge in [0.15, 0.2) is 0 Å². The van der Waals surface area contributed by atoms with Crippen molar-refractivity contribution in [3.63, 3.8) is 0 Å². The molecular formula is C39H29N4+. The van der Waals surface area contributed by atoms with Crippen molar-refractivity contribution < 1.29 is 5.32 Å². The molecule has 0 aliphatic carbocycles. The Balaban J connectivity index is 1.25. The summed E-state index contributed by atoms with van der Waals surface area (Å²) in [5.41, 5.74) is 9.19. The number of aromatic nitrogens is 1. The van der Waals surface area contributed by atoms with Crippen LogP contribution in [0.2, 0.25) is 0 Å². The number of hydrogen-bond acceptors (Lipinski definition) is 2. The van der Waals surface area contributed by atoms with E-state index in [9.17, 15) is 0 Å². The number of quaternary nitrogens is 1. The first kappa shape index (κ1) is 25.2. The zero-order chi connectivity index (χ0) is 28.6. The van der Waals surface area contributed by atoms with Gasteiger partial charge in [-0.05, 0) is 46.5 Å². The van der Waals surface area contributed by atoms with Gasteiger partial charge >= 0.3 is 0 Å². The number of para-hydroxylation sites is 2. The average molecular weight is 554 g/mol. The Kier molecular flexibility index (Phi) is 6.25. The first-order chi connectivity index (χ1) is 21.3. The largest absolute Gasteiger partial charge is 0.278 e. The third-order valence-electron chi connectivity index (χ3n) is 8.22. The van der Waals surface area contributed by atoms with Crippen molar-refractivity contribution in [3.05, 3.63) is 169 Å². The van der Waals surface area contributed by atoms with Gasteiger partial charge < -0.3 is 0 Å². The first-order valence-corrected chi connectivity index (χ1v) is 14.6. The highest BCUT2D eigenvalue weighted by Gasteiger charge is 2.27. The molecule has 1 unspecified atom stereocenters. The Bertz CT molecular complexity index is 2070. The average Bonchev–Trinajstić information content (AvgIpc) is 3.43. The fourth-order valence-corrected chi connectivity index (χ4v) is 6.03. The van der Waals surface area contributed by atoms with Crippen LogP contribution in [0.5, 0.6) is 0 Å². The zero-order valence-corrected chi connectivity index (χ0v) is 23.5. The third kappa shape index (κ3) is 4.64. The van der Waals surface area contributed by atoms with E-state index in [1.165, 1.54) is 33.0 Å². The molecule has 6 aromatic carbocycles. The first-order valence-electron chi connectivity index (χ1n) is 14.6. The quantitative estimate of drug-likeness (QED) is 0.229. The van der Waals surface area contributed by atoms with E-state index >= 15 is 0 Å². The van der Waals surface area contributed by atoms with Crippen molar-refractivity contribution >= 4 is 33.6 Å². The maximum absolute atomic E-state index is 5.27. The summed E-state index contributed by atoms with van der Waals surface area (Å²) in [5.74, 6) is 1.61. The molecule has 7 aromatic rings. The highest BCUT2D eigenvalue weighted by Crippen LogP contribution is 2.30. The number of fused-ring (bicyclic) bond motifs is 3. The van der Waals surface area contributed by atoms with Crippen molar-refractivity contribution in [1.82, 2.24) is 4.57 Å². The number of benzene rings is 6. The van der Waals surface area contributed by atoms with E-state index < -0.39 is 0 Å². The van der Waals surface area contributed by atoms with Crippen LogP contribution in [0.15, 0.2) is 168 Å². The summed E-state index contributed by atoms with van der Waals surface area (Å²) < 4.78 is 2.21. The molecule has 0 bridgehead atoms. The number of hydrogen-bond donors (Lipinski definition) is 1. The minimum atomic E-state index is -0.180. The van der Waals surface area contributed by atoms with Crippen LogP contribution in [0.25, 0.3) is 44.1 Å². The molecule has 4 nitrogen and oxygen atoms in total. The molecule has 204 valence electrons. The molecule has 1 aromatic heterocycles. The van der Waals surface area contributed by atoms with Gasteiger partial charge in [-0.15, -0.1) is 0 Å². The van der Waals surface area contributed by atoms with Gasteiger partial charge in [-0.3, -0.25) is 9.88 Å². The lowest BCUT2D eigenvalue weighted by atomic mass is 10.0. The van der Waals surface area contributed by atoms with E-state index in [0.717, 1.165) is 28.0 Å². The molecule has 0 saturated carbocycles. The van der Waals surface area contributed by atoms with E-state index in [0.29, 0.717) is 5.96 Å². The number of amidine groups is 1. The molecule has 2 heterocycles. The summed E-state index contributed by atoms with van der Waals surface area (Å²) >= 11 is 0. The Morgan fingerprint density at radius 2 is 0.884 bits per heavy atom. The number of nitrogens with zero attached hydrogens (tertiary/aromatic N) is 3. The maximum Gasteiger partial charge on any atom is 0.240 e. The van der Waals surface area contributed by atoms with Gasteiger partial charge in [0.05, 0.1) is 16.6 Å². The Labute approximate surface area is 250 Å². The summed E-state index contributed by atoms with van der Waals surface area (Å²) in [4.78, 5) is 10.5. The molecule has 0 radical (unpaired) electrons. The minimum Gasteiger partial charge on any atom is -0.278 e. The molecule has 0 amide bonds. The molecule has 43 heavy (non-hydrogen) atoms. The van der Waals surface area contributed by atoms with Gasteiger partial charge in [-0.1, -0.05) is 133 Å². The predicted molar refractivity (Wildman–Crippen MR) is 177 cm³/mol. The van der Waals surface area contributed by atoms with Gasteiger partial charge in [-0.25, -0.2) is 0 Å². The molecule has 0 fully saturated rings. The van der Waals surface area contributed by atoms with Gasteiger partial charge in [-0.2, -0.15) is 9.98 Å². The molecule has 1 aliphatic rings. The molecule has 4 heteroatoms. The second kappa shape index (κ2) is 10.7. The van der Waals surface area contributed by atoms with Gasteiger partial charge in [0.25, 0.3) is 0 Å². The van der Waals surface area contributed by atoms with Crippen LogP contribution in [-0.4, -0.2) is 16.4 Å². The summed E-state index contributed by atoms with van der Waals surface area (Å²) in [6, 6.07) is 55.4. The van der Waals surface area contributed by atoms with E-state index in [1.54, 1.807) is 0 Å². The van der Waals surface area contributed by atoms with Crippen molar-refractivity contribution in [1.29, 1.82) is 0 Å². The summed E-state index contributed by atoms with van der Waals surface area (Å²) in [6.45, 7) is 0. The van der Waals surface area contributed by atoms with E-state index in [1.807, 2.05) is 12.1 Å². The van der Waals surface area contributed by atoms with Crippen LogP contribution in [0, 0.1) is 0 Å². The van der Waals surface area contributed by atoms with E-state index in [2.05, 4.69) is 155 Å². The predicted octanol–water partition coefficient (Wildman–Crippen LogP) is 8.06. The van der Waals surface area contributed by atoms with Crippen LogP contribution in [-0.2, 0) is 0 Å². The lowest BCUT2D eigenvalue weighted by Crippen LogP contribution is -2.90. The van der Waals surface area contributed by atoms with Crippen LogP contribution < -0.4 is 5.32 Å². The van der Waals surface area contributed by atoms with Gasteiger partial charge in [0.1, 0.15) is 0 Å². The third-order valence-corrected chi connectivity index (χ3v) is 8.22. The monoisotopic (exact) mass is 553 g/mol. The molecule has 2 N–H and O–H groups in total. The van der Waals surface area contributed by atoms with Crippen LogP contribution >= 0.6 is 0 Å². The Morgan fingerprint density at radius 3 is 1.44 bits per heavy atom. The molecule has 0 spiro atoms. The minimum absolute atomic E-state index is 0.180. The van der Waals surface area contributed by atoms with Crippen molar-refractivity contribution in [3.8, 4) is 22.3 Å². The van der Waals surface area contributed by atoms with Gasteiger partial charge in [0, 0.05) is 16.3 Å². The molecule has 0 saturated heterocycles. The molecular weight excluding hydrogens is 524 g/mol. The second-order valence-electron chi connectivity index (χ2n) is 10.8. The highest BCUT2D eigenvalue weighted by molar-refractivity contribution is 6.15. The van der Waals surface area contributed by atoms with Crippen molar-refractivity contribution in [2.24, 2.45) is 9.98 Å². The van der Waals surface area contributed by atoms with Crippen LogP contribution in [0.3, 0.4) is 0 Å². The van der Waals surface area contributed by atoms with Crippen molar-refractivity contribution in [2.75, 3.05) is 0 Å². The summed E-state index contributed by atoms with van der Waals surface area (Å²) in [6.07, 6.45) is -0.180. The smallest absolute Gasteiger partial charge is 0.240 e. The molecule has 8 rings (SSSR count). The molecule has 1 atom stereocenters. The highest BCUT2D eigenvalue weighted by atomic mass is 15.3. The lowest BCUT2D eigenvalue weighted by molar-refractivity contribution is -0.586. The lowest BCUT2D eigenvalue weighted by Gasteiger charge is -2.20. The molecule has 1 aliphatic heterocycles. The van der Waals surface area contributed by atoms with Crippen molar-refractivity contribution in [2.45, 2.75) is 6.17 Å². The number of aliphatic imine (C=N–C) groups is 2. The number of nitrogens with two attached hydrogens (primary N) is 1. The summed E-state index contributed by atoms with van der Waals surface area (Å²) in [7, 11) is 0. The zero-order valence-electron chi connectivity index (χ0n) is 23.5. The standard InChI is InChI=1S/C39H28N4/c1-3-11-27(12-4-1)29-19-23-31(24-20-29)37-40-38(32-25-21-30(22-26-32)28-13-5-2-6-14-28)42-39(41-37)43-35-17-9-7-15-33(35)34-16-8-10-18-36(34)43/h1-26,37H,(H,40,41,42)/p+1. The fraction of sp³-hybridized carbons (Fsp3) is 0.0256. The van der Waals surface area contributed by atoms with E-state index in [-0.39, 0.29) is 6.17 Å². The second-order valence-corrected chi connectivity index (χ2v) is 10.8. The van der Waals surface area contributed by atoms with Crippen LogP contribution in [0.4, 0.5) is 0 Å². The fourth-order valence-electron chi connectivity index (χ4n) is 6.03. The maximum atomic E-state index is 5.27. The SMILES string of the molecule is c1ccc(-c2ccc(C3=NC(n4c5ccccc5c5ccccc54)=NC(c4ccc(-c5ccccc5)cc4)[NH2+]3)cc2)cc1. The number of rotatable bonds is 4. The topological polar surface area (TPSA) is 46.3 Å².